The number of benzene rings is 2. The number of amides is 1. The second kappa shape index (κ2) is 8.94. The van der Waals surface area contributed by atoms with Crippen LogP contribution in [0.5, 0.6) is 17.2 Å². The summed E-state index contributed by atoms with van der Waals surface area (Å²) < 4.78 is 15.6. The third kappa shape index (κ3) is 5.12. The number of hydrazone groups is 1. The summed E-state index contributed by atoms with van der Waals surface area (Å²) in [6.45, 7) is 2.42. The Morgan fingerprint density at radius 3 is 2.40 bits per heavy atom. The zero-order valence-corrected chi connectivity index (χ0v) is 15.0. The number of hydrogen-bond donors (Lipinski definition) is 1. The Bertz CT molecular complexity index is 755. The first-order valence-corrected chi connectivity index (χ1v) is 7.94. The lowest BCUT2D eigenvalue weighted by molar-refractivity contribution is 0.0954. The molecular formula is C18H19ClN2O4. The molecule has 0 aliphatic rings. The Morgan fingerprint density at radius 2 is 1.84 bits per heavy atom. The van der Waals surface area contributed by atoms with Crippen molar-refractivity contribution in [1.29, 1.82) is 0 Å². The van der Waals surface area contributed by atoms with E-state index in [4.69, 9.17) is 25.8 Å². The largest absolute Gasteiger partial charge is 0.497 e. The minimum absolute atomic E-state index is 0.373. The van der Waals surface area contributed by atoms with E-state index in [0.29, 0.717) is 34.4 Å². The molecule has 0 bridgehead atoms. The van der Waals surface area contributed by atoms with Crippen LogP contribution in [-0.2, 0) is 0 Å². The molecule has 0 aliphatic carbocycles. The summed E-state index contributed by atoms with van der Waals surface area (Å²) in [5, 5.41) is 4.42. The number of ether oxygens (including phenoxy) is 3. The highest BCUT2D eigenvalue weighted by Gasteiger charge is 2.09. The zero-order valence-electron chi connectivity index (χ0n) is 14.2. The van der Waals surface area contributed by atoms with Crippen LogP contribution >= 0.6 is 11.6 Å². The predicted octanol–water partition coefficient (Wildman–Crippen LogP) is 3.52. The van der Waals surface area contributed by atoms with Crippen molar-refractivity contribution in [2.45, 2.75) is 6.92 Å². The standard InChI is InChI=1S/C18H19ClN2O4/c1-4-25-17-6-5-12(7-16(17)19)11-20-21-18(22)13-8-14(23-2)10-15(9-13)24-3/h5-11H,4H2,1-3H3,(H,21,22)/b20-11-. The first-order chi connectivity index (χ1) is 12.1. The van der Waals surface area contributed by atoms with Crippen molar-refractivity contribution in [2.24, 2.45) is 5.10 Å². The summed E-state index contributed by atoms with van der Waals surface area (Å²) in [6, 6.07) is 10.1. The Morgan fingerprint density at radius 1 is 1.16 bits per heavy atom. The molecule has 0 spiro atoms. The summed E-state index contributed by atoms with van der Waals surface area (Å²) in [4.78, 5) is 12.2. The molecule has 2 aromatic carbocycles. The van der Waals surface area contributed by atoms with Crippen molar-refractivity contribution in [3.8, 4) is 17.2 Å². The van der Waals surface area contributed by atoms with Gasteiger partial charge in [0.2, 0.25) is 0 Å². The van der Waals surface area contributed by atoms with Gasteiger partial charge in [0.25, 0.3) is 5.91 Å². The van der Waals surface area contributed by atoms with Crippen LogP contribution in [0.15, 0.2) is 41.5 Å². The molecular weight excluding hydrogens is 344 g/mol. The first-order valence-electron chi connectivity index (χ1n) is 7.56. The fourth-order valence-corrected chi connectivity index (χ4v) is 2.28. The lowest BCUT2D eigenvalue weighted by atomic mass is 10.2. The average Bonchev–Trinajstić information content (AvgIpc) is 2.63. The number of methoxy groups -OCH3 is 2. The van der Waals surface area contributed by atoms with Gasteiger partial charge in [0.05, 0.1) is 32.1 Å². The Labute approximate surface area is 151 Å². The Kier molecular flexibility index (Phi) is 6.65. The van der Waals surface area contributed by atoms with Crippen LogP contribution in [0.2, 0.25) is 5.02 Å². The second-order valence-electron chi connectivity index (χ2n) is 4.92. The van der Waals surface area contributed by atoms with Gasteiger partial charge < -0.3 is 14.2 Å². The number of rotatable bonds is 7. The van der Waals surface area contributed by atoms with E-state index in [0.717, 1.165) is 5.56 Å². The van der Waals surface area contributed by atoms with Gasteiger partial charge in [-0.3, -0.25) is 4.79 Å². The van der Waals surface area contributed by atoms with Gasteiger partial charge in [-0.05, 0) is 42.8 Å². The quantitative estimate of drug-likeness (QED) is 0.604. The maximum Gasteiger partial charge on any atom is 0.271 e. The molecule has 7 heteroatoms. The van der Waals surface area contributed by atoms with E-state index < -0.39 is 0 Å². The monoisotopic (exact) mass is 362 g/mol. The smallest absolute Gasteiger partial charge is 0.271 e. The molecule has 0 saturated carbocycles. The molecule has 132 valence electrons. The van der Waals surface area contributed by atoms with Crippen molar-refractivity contribution in [2.75, 3.05) is 20.8 Å². The molecule has 2 rings (SSSR count). The summed E-state index contributed by atoms with van der Waals surface area (Å²) in [6.07, 6.45) is 1.50. The molecule has 6 nitrogen and oxygen atoms in total. The molecule has 0 atom stereocenters. The highest BCUT2D eigenvalue weighted by molar-refractivity contribution is 6.32. The highest BCUT2D eigenvalue weighted by Crippen LogP contribution is 2.25. The van der Waals surface area contributed by atoms with Gasteiger partial charge in [-0.2, -0.15) is 5.10 Å². The van der Waals surface area contributed by atoms with E-state index in [1.54, 1.807) is 36.4 Å². The SMILES string of the molecule is CCOc1ccc(/C=N\NC(=O)c2cc(OC)cc(OC)c2)cc1Cl. The molecule has 0 aliphatic heterocycles. The number of halogens is 1. The maximum atomic E-state index is 12.2. The van der Waals surface area contributed by atoms with E-state index in [-0.39, 0.29) is 5.91 Å². The normalized spacial score (nSPS) is 10.6. The van der Waals surface area contributed by atoms with Crippen molar-refractivity contribution in [3.63, 3.8) is 0 Å². The predicted molar refractivity (Wildman–Crippen MR) is 97.2 cm³/mol. The number of carbonyl (C=O) groups excluding carboxylic acids is 1. The number of nitrogens with zero attached hydrogens (tertiary/aromatic N) is 1. The second-order valence-corrected chi connectivity index (χ2v) is 5.33. The van der Waals surface area contributed by atoms with Gasteiger partial charge in [-0.1, -0.05) is 11.6 Å². The molecule has 0 heterocycles. The number of carbonyl (C=O) groups is 1. The van der Waals surface area contributed by atoms with Gasteiger partial charge in [0.1, 0.15) is 17.2 Å². The van der Waals surface area contributed by atoms with E-state index in [9.17, 15) is 4.79 Å². The lowest BCUT2D eigenvalue weighted by Gasteiger charge is -2.07. The van der Waals surface area contributed by atoms with Crippen molar-refractivity contribution in [3.05, 3.63) is 52.5 Å². The first kappa shape index (κ1) is 18.6. The molecule has 25 heavy (non-hydrogen) atoms. The molecule has 0 fully saturated rings. The molecule has 1 N–H and O–H groups in total. The molecule has 1 amide bonds. The molecule has 2 aromatic rings. The third-order valence-electron chi connectivity index (χ3n) is 3.25. The molecule has 0 radical (unpaired) electrons. The number of hydrogen-bond acceptors (Lipinski definition) is 5. The van der Waals surface area contributed by atoms with Crippen molar-refractivity contribution in [1.82, 2.24) is 5.43 Å². The van der Waals surface area contributed by atoms with E-state index >= 15 is 0 Å². The van der Waals surface area contributed by atoms with Gasteiger partial charge >= 0.3 is 0 Å². The average molecular weight is 363 g/mol. The van der Waals surface area contributed by atoms with E-state index in [2.05, 4.69) is 10.5 Å². The van der Waals surface area contributed by atoms with Crippen molar-refractivity contribution < 1.29 is 19.0 Å². The van der Waals surface area contributed by atoms with Crippen molar-refractivity contribution >= 4 is 23.7 Å². The zero-order chi connectivity index (χ0) is 18.2. The van der Waals surface area contributed by atoms with Gasteiger partial charge in [-0.15, -0.1) is 0 Å². The van der Waals surface area contributed by atoms with Gasteiger partial charge in [0.15, 0.2) is 0 Å². The Hall–Kier alpha value is -2.73. The molecule has 0 aromatic heterocycles. The third-order valence-corrected chi connectivity index (χ3v) is 3.54. The summed E-state index contributed by atoms with van der Waals surface area (Å²) in [7, 11) is 3.04. The van der Waals surface area contributed by atoms with E-state index in [1.807, 2.05) is 6.92 Å². The molecule has 0 unspecified atom stereocenters. The maximum absolute atomic E-state index is 12.2. The fourth-order valence-electron chi connectivity index (χ4n) is 2.04. The van der Waals surface area contributed by atoms with Crippen LogP contribution in [0.3, 0.4) is 0 Å². The minimum Gasteiger partial charge on any atom is -0.497 e. The van der Waals surface area contributed by atoms with Crippen LogP contribution < -0.4 is 19.6 Å². The Balaban J connectivity index is 2.06. The summed E-state index contributed by atoms with van der Waals surface area (Å²) in [5.41, 5.74) is 3.56. The van der Waals surface area contributed by atoms with Crippen LogP contribution in [0.4, 0.5) is 0 Å². The minimum atomic E-state index is -0.384. The summed E-state index contributed by atoms with van der Waals surface area (Å²) in [5.74, 6) is 1.26. The van der Waals surface area contributed by atoms with Crippen LogP contribution in [0.25, 0.3) is 0 Å². The van der Waals surface area contributed by atoms with Crippen LogP contribution in [-0.4, -0.2) is 32.9 Å². The fraction of sp³-hybridized carbons (Fsp3) is 0.222. The van der Waals surface area contributed by atoms with Gasteiger partial charge in [-0.25, -0.2) is 5.43 Å². The van der Waals surface area contributed by atoms with Crippen LogP contribution in [0, 0.1) is 0 Å². The van der Waals surface area contributed by atoms with E-state index in [1.165, 1.54) is 20.4 Å². The lowest BCUT2D eigenvalue weighted by Crippen LogP contribution is -2.17. The van der Waals surface area contributed by atoms with Crippen LogP contribution in [0.1, 0.15) is 22.8 Å². The topological polar surface area (TPSA) is 69.2 Å². The summed E-state index contributed by atoms with van der Waals surface area (Å²) >= 11 is 6.11. The molecule has 0 saturated heterocycles. The number of nitrogens with one attached hydrogen (secondary N) is 1. The highest BCUT2D eigenvalue weighted by atomic mass is 35.5. The van der Waals surface area contributed by atoms with Gasteiger partial charge in [0, 0.05) is 11.6 Å².